The molecule has 0 aliphatic heterocycles. The van der Waals surface area contributed by atoms with Gasteiger partial charge in [-0.25, -0.2) is 0 Å². The van der Waals surface area contributed by atoms with Gasteiger partial charge in [-0.15, -0.1) is 11.3 Å². The van der Waals surface area contributed by atoms with Gasteiger partial charge >= 0.3 is 0 Å². The summed E-state index contributed by atoms with van der Waals surface area (Å²) >= 11 is 1.82. The topological polar surface area (TPSA) is 21.3 Å². The molecule has 1 unspecified atom stereocenters. The third-order valence-corrected chi connectivity index (χ3v) is 4.31. The van der Waals surface area contributed by atoms with Crippen molar-refractivity contribution in [1.82, 2.24) is 5.32 Å². The van der Waals surface area contributed by atoms with E-state index in [-0.39, 0.29) is 11.6 Å². The molecule has 21 heavy (non-hydrogen) atoms. The van der Waals surface area contributed by atoms with Crippen molar-refractivity contribution in [2.24, 2.45) is 0 Å². The normalized spacial score (nSPS) is 13.3. The van der Waals surface area contributed by atoms with Crippen molar-refractivity contribution in [2.45, 2.75) is 52.5 Å². The minimum atomic E-state index is 0.129. The zero-order valence-corrected chi connectivity index (χ0v) is 14.2. The number of rotatable bonds is 6. The Balaban J connectivity index is 1.83. The summed E-state index contributed by atoms with van der Waals surface area (Å²) in [5, 5.41) is 3.51. The summed E-state index contributed by atoms with van der Waals surface area (Å²) < 4.78 is 5.96. The average molecular weight is 303 g/mol. The lowest BCUT2D eigenvalue weighted by molar-refractivity contribution is 0.0542. The third-order valence-electron chi connectivity index (χ3n) is 3.25. The van der Waals surface area contributed by atoms with Crippen molar-refractivity contribution in [1.29, 1.82) is 0 Å². The van der Waals surface area contributed by atoms with Crippen molar-refractivity contribution in [3.8, 4) is 0 Å². The molecule has 0 aliphatic rings. The molecule has 3 heteroatoms. The molecule has 0 bridgehead atoms. The van der Waals surface area contributed by atoms with E-state index >= 15 is 0 Å². The number of hydrogen-bond acceptors (Lipinski definition) is 3. The summed E-state index contributed by atoms with van der Waals surface area (Å²) in [5.41, 5.74) is 1.38. The van der Waals surface area contributed by atoms with Gasteiger partial charge in [0, 0.05) is 21.8 Å². The van der Waals surface area contributed by atoms with E-state index in [9.17, 15) is 0 Å². The van der Waals surface area contributed by atoms with Crippen LogP contribution < -0.4 is 5.32 Å². The molecule has 0 saturated carbocycles. The molecule has 1 heterocycles. The van der Waals surface area contributed by atoms with Crippen LogP contribution in [0.2, 0.25) is 0 Å². The first kappa shape index (κ1) is 16.2. The zero-order chi connectivity index (χ0) is 15.3. The molecule has 1 N–H and O–H groups in total. The predicted molar refractivity (Wildman–Crippen MR) is 90.6 cm³/mol. The van der Waals surface area contributed by atoms with E-state index in [1.807, 2.05) is 17.4 Å². The van der Waals surface area contributed by atoms with Gasteiger partial charge in [0.2, 0.25) is 0 Å². The third kappa shape index (κ3) is 5.62. The molecule has 0 spiro atoms. The highest BCUT2D eigenvalue weighted by Crippen LogP contribution is 2.22. The van der Waals surface area contributed by atoms with Crippen LogP contribution in [-0.4, -0.2) is 5.54 Å². The van der Waals surface area contributed by atoms with E-state index in [4.69, 9.17) is 4.74 Å². The van der Waals surface area contributed by atoms with Gasteiger partial charge in [0.1, 0.15) is 0 Å². The molecule has 2 rings (SSSR count). The molecule has 0 amide bonds. The molecule has 0 saturated heterocycles. The van der Waals surface area contributed by atoms with Gasteiger partial charge in [-0.1, -0.05) is 30.3 Å². The SMILES string of the molecule is CC(OCc1ccc(CNC(C)(C)C)s1)c1ccccc1. The Bertz CT molecular complexity index is 542. The quantitative estimate of drug-likeness (QED) is 0.818. The fraction of sp³-hybridized carbons (Fsp3) is 0.444. The average Bonchev–Trinajstić information content (AvgIpc) is 2.91. The summed E-state index contributed by atoms with van der Waals surface area (Å²) in [6, 6.07) is 14.7. The van der Waals surface area contributed by atoms with Crippen LogP contribution in [0.25, 0.3) is 0 Å². The van der Waals surface area contributed by atoms with Crippen LogP contribution in [0, 0.1) is 0 Å². The Kier molecular flexibility index (Phi) is 5.57. The molecule has 0 fully saturated rings. The van der Waals surface area contributed by atoms with Gasteiger partial charge in [0.15, 0.2) is 0 Å². The Labute approximate surface area is 132 Å². The van der Waals surface area contributed by atoms with Crippen molar-refractivity contribution in [2.75, 3.05) is 0 Å². The second-order valence-electron chi connectivity index (χ2n) is 6.34. The standard InChI is InChI=1S/C18H25NOS/c1-14(15-8-6-5-7-9-15)20-13-17-11-10-16(21-17)12-19-18(2,3)4/h5-11,14,19H,12-13H2,1-4H3. The minimum Gasteiger partial charge on any atom is -0.368 e. The maximum Gasteiger partial charge on any atom is 0.0817 e. The van der Waals surface area contributed by atoms with E-state index in [0.717, 1.165) is 6.54 Å². The summed E-state index contributed by atoms with van der Waals surface area (Å²) in [6.07, 6.45) is 0.129. The van der Waals surface area contributed by atoms with Crippen LogP contribution in [0.5, 0.6) is 0 Å². The highest BCUT2D eigenvalue weighted by molar-refractivity contribution is 7.11. The van der Waals surface area contributed by atoms with Gasteiger partial charge in [0.25, 0.3) is 0 Å². The van der Waals surface area contributed by atoms with Gasteiger partial charge in [-0.3, -0.25) is 0 Å². The van der Waals surface area contributed by atoms with E-state index in [1.165, 1.54) is 15.3 Å². The molecular weight excluding hydrogens is 278 g/mol. The number of hydrogen-bond donors (Lipinski definition) is 1. The molecule has 1 aromatic carbocycles. The van der Waals surface area contributed by atoms with Crippen molar-refractivity contribution in [3.05, 3.63) is 57.8 Å². The van der Waals surface area contributed by atoms with Crippen LogP contribution in [-0.2, 0) is 17.9 Å². The van der Waals surface area contributed by atoms with Crippen LogP contribution >= 0.6 is 11.3 Å². The van der Waals surface area contributed by atoms with Crippen LogP contribution in [0.15, 0.2) is 42.5 Å². The fourth-order valence-corrected chi connectivity index (χ4v) is 2.85. The van der Waals surface area contributed by atoms with Gasteiger partial charge in [0.05, 0.1) is 12.7 Å². The van der Waals surface area contributed by atoms with Crippen molar-refractivity contribution in [3.63, 3.8) is 0 Å². The number of thiophene rings is 1. The van der Waals surface area contributed by atoms with Crippen LogP contribution in [0.3, 0.4) is 0 Å². The van der Waals surface area contributed by atoms with E-state index < -0.39 is 0 Å². The maximum absolute atomic E-state index is 5.96. The first-order valence-corrected chi connectivity index (χ1v) is 8.25. The van der Waals surface area contributed by atoms with Crippen molar-refractivity contribution >= 4 is 11.3 Å². The van der Waals surface area contributed by atoms with Crippen LogP contribution in [0.1, 0.15) is 49.1 Å². The molecule has 0 radical (unpaired) electrons. The molecule has 0 aliphatic carbocycles. The fourth-order valence-electron chi connectivity index (χ4n) is 1.97. The summed E-state index contributed by atoms with van der Waals surface area (Å²) in [7, 11) is 0. The largest absolute Gasteiger partial charge is 0.368 e. The smallest absolute Gasteiger partial charge is 0.0817 e. The number of ether oxygens (including phenoxy) is 1. The molecular formula is C18H25NOS. The predicted octanol–water partition coefficient (Wildman–Crippen LogP) is 4.91. The first-order valence-electron chi connectivity index (χ1n) is 7.43. The lowest BCUT2D eigenvalue weighted by Gasteiger charge is -2.19. The number of nitrogens with one attached hydrogen (secondary N) is 1. The Morgan fingerprint density at radius 2 is 1.71 bits per heavy atom. The monoisotopic (exact) mass is 303 g/mol. The Morgan fingerprint density at radius 1 is 1.05 bits per heavy atom. The maximum atomic E-state index is 5.96. The molecule has 114 valence electrons. The minimum absolute atomic E-state index is 0.129. The molecule has 2 nitrogen and oxygen atoms in total. The highest BCUT2D eigenvalue weighted by Gasteiger charge is 2.10. The summed E-state index contributed by atoms with van der Waals surface area (Å²) in [6.45, 7) is 10.3. The zero-order valence-electron chi connectivity index (χ0n) is 13.3. The summed E-state index contributed by atoms with van der Waals surface area (Å²) in [4.78, 5) is 2.64. The molecule has 1 atom stereocenters. The molecule has 2 aromatic rings. The Hall–Kier alpha value is -1.16. The molecule has 1 aromatic heterocycles. The first-order chi connectivity index (χ1) is 9.94. The van der Waals surface area contributed by atoms with Gasteiger partial charge in [-0.2, -0.15) is 0 Å². The van der Waals surface area contributed by atoms with E-state index in [2.05, 4.69) is 69.4 Å². The summed E-state index contributed by atoms with van der Waals surface area (Å²) in [5.74, 6) is 0. The van der Waals surface area contributed by atoms with E-state index in [1.54, 1.807) is 0 Å². The lowest BCUT2D eigenvalue weighted by atomic mass is 10.1. The Morgan fingerprint density at radius 3 is 2.38 bits per heavy atom. The van der Waals surface area contributed by atoms with Gasteiger partial charge < -0.3 is 10.1 Å². The highest BCUT2D eigenvalue weighted by atomic mass is 32.1. The van der Waals surface area contributed by atoms with Gasteiger partial charge in [-0.05, 0) is 45.4 Å². The lowest BCUT2D eigenvalue weighted by Crippen LogP contribution is -2.34. The second kappa shape index (κ2) is 7.21. The van der Waals surface area contributed by atoms with Crippen molar-refractivity contribution < 1.29 is 4.74 Å². The number of benzene rings is 1. The van der Waals surface area contributed by atoms with Crippen LogP contribution in [0.4, 0.5) is 0 Å². The van der Waals surface area contributed by atoms with E-state index in [0.29, 0.717) is 6.61 Å². The second-order valence-corrected chi connectivity index (χ2v) is 7.59.